The highest BCUT2D eigenvalue weighted by Gasteiger charge is 2.32. The number of phenols is 1. The first-order valence-electron chi connectivity index (χ1n) is 8.45. The molecule has 2 aromatic rings. The molecule has 10 heteroatoms. The zero-order chi connectivity index (χ0) is 21.8. The molecule has 0 unspecified atom stereocenters. The zero-order valence-electron chi connectivity index (χ0n) is 15.9. The SMILES string of the molecule is COc1ccc(/C=N/N2C(=O)/C(=C\c3ccc(O)cc3)SC2=S)c(C(=O)O)c1OC. The van der Waals surface area contributed by atoms with Crippen molar-refractivity contribution in [2.24, 2.45) is 5.10 Å². The lowest BCUT2D eigenvalue weighted by atomic mass is 10.1. The lowest BCUT2D eigenvalue weighted by Gasteiger charge is -2.13. The van der Waals surface area contributed by atoms with Gasteiger partial charge in [-0.1, -0.05) is 23.9 Å². The van der Waals surface area contributed by atoms with Crippen LogP contribution in [-0.4, -0.2) is 51.9 Å². The summed E-state index contributed by atoms with van der Waals surface area (Å²) in [6.45, 7) is 0. The third kappa shape index (κ3) is 4.29. The van der Waals surface area contributed by atoms with Crippen LogP contribution >= 0.6 is 24.0 Å². The van der Waals surface area contributed by atoms with Gasteiger partial charge in [0.25, 0.3) is 5.91 Å². The van der Waals surface area contributed by atoms with Crippen molar-refractivity contribution >= 4 is 52.5 Å². The number of hydrogen-bond donors (Lipinski definition) is 2. The summed E-state index contributed by atoms with van der Waals surface area (Å²) >= 11 is 6.30. The number of aromatic carboxylic acids is 1. The Hall–Kier alpha value is -3.37. The summed E-state index contributed by atoms with van der Waals surface area (Å²) in [5.74, 6) is -1.24. The van der Waals surface area contributed by atoms with E-state index in [2.05, 4.69) is 5.10 Å². The van der Waals surface area contributed by atoms with Crippen LogP contribution < -0.4 is 9.47 Å². The van der Waals surface area contributed by atoms with Crippen molar-refractivity contribution < 1.29 is 29.3 Å². The van der Waals surface area contributed by atoms with E-state index in [9.17, 15) is 19.8 Å². The fourth-order valence-electron chi connectivity index (χ4n) is 2.67. The number of carbonyl (C=O) groups excluding carboxylic acids is 1. The van der Waals surface area contributed by atoms with Crippen molar-refractivity contribution in [3.8, 4) is 17.2 Å². The number of benzene rings is 2. The molecule has 1 aliphatic rings. The van der Waals surface area contributed by atoms with Gasteiger partial charge in [0.15, 0.2) is 15.8 Å². The van der Waals surface area contributed by atoms with Crippen LogP contribution in [0.1, 0.15) is 21.5 Å². The lowest BCUT2D eigenvalue weighted by molar-refractivity contribution is -0.122. The van der Waals surface area contributed by atoms with Crippen LogP contribution in [0.5, 0.6) is 17.2 Å². The molecule has 0 aromatic heterocycles. The van der Waals surface area contributed by atoms with E-state index in [1.165, 1.54) is 38.6 Å². The molecule has 1 aliphatic heterocycles. The molecule has 0 radical (unpaired) electrons. The van der Waals surface area contributed by atoms with Crippen molar-refractivity contribution in [3.63, 3.8) is 0 Å². The van der Waals surface area contributed by atoms with Crippen molar-refractivity contribution in [1.82, 2.24) is 5.01 Å². The number of aromatic hydroxyl groups is 1. The number of carboxylic acids is 1. The standard InChI is InChI=1S/C20H16N2O6S2/c1-27-14-8-5-12(16(19(25)26)17(14)28-2)10-21-22-18(24)15(30-20(22)29)9-11-3-6-13(23)7-4-11/h3-10,23H,1-2H3,(H,25,26)/b15-9+,21-10+. The van der Waals surface area contributed by atoms with Crippen molar-refractivity contribution in [3.05, 3.63) is 58.0 Å². The predicted octanol–water partition coefficient (Wildman–Crippen LogP) is 3.34. The molecule has 1 heterocycles. The van der Waals surface area contributed by atoms with Gasteiger partial charge >= 0.3 is 5.97 Å². The maximum atomic E-state index is 12.7. The molecule has 0 bridgehead atoms. The van der Waals surface area contributed by atoms with Crippen LogP contribution in [0.15, 0.2) is 46.4 Å². The van der Waals surface area contributed by atoms with E-state index in [0.717, 1.165) is 16.8 Å². The van der Waals surface area contributed by atoms with Gasteiger partial charge in [0.05, 0.1) is 25.3 Å². The fourth-order valence-corrected chi connectivity index (χ4v) is 3.84. The summed E-state index contributed by atoms with van der Waals surface area (Å²) in [7, 11) is 2.74. The number of thioether (sulfide) groups is 1. The Balaban J connectivity index is 1.91. The largest absolute Gasteiger partial charge is 0.508 e. The molecule has 3 rings (SSSR count). The summed E-state index contributed by atoms with van der Waals surface area (Å²) in [6, 6.07) is 9.38. The number of amides is 1. The normalized spacial score (nSPS) is 15.3. The molecule has 2 aromatic carbocycles. The Morgan fingerprint density at radius 2 is 1.87 bits per heavy atom. The molecular weight excluding hydrogens is 428 g/mol. The Bertz CT molecular complexity index is 1080. The van der Waals surface area contributed by atoms with Gasteiger partial charge in [0, 0.05) is 5.56 Å². The number of thiocarbonyl (C=S) groups is 1. The number of ether oxygens (including phenoxy) is 2. The molecule has 8 nitrogen and oxygen atoms in total. The molecule has 0 atom stereocenters. The number of nitrogens with zero attached hydrogens (tertiary/aromatic N) is 2. The summed E-state index contributed by atoms with van der Waals surface area (Å²) < 4.78 is 10.5. The Kier molecular flexibility index (Phi) is 6.38. The van der Waals surface area contributed by atoms with Crippen LogP contribution in [0.25, 0.3) is 6.08 Å². The third-order valence-electron chi connectivity index (χ3n) is 4.07. The van der Waals surface area contributed by atoms with Crippen LogP contribution in [-0.2, 0) is 4.79 Å². The number of hydrogen-bond acceptors (Lipinski definition) is 8. The molecule has 0 saturated carbocycles. The highest BCUT2D eigenvalue weighted by atomic mass is 32.2. The topological polar surface area (TPSA) is 109 Å². The summed E-state index contributed by atoms with van der Waals surface area (Å²) in [6.07, 6.45) is 2.87. The van der Waals surface area contributed by atoms with E-state index in [1.54, 1.807) is 24.3 Å². The summed E-state index contributed by atoms with van der Waals surface area (Å²) in [5, 5.41) is 24.1. The lowest BCUT2D eigenvalue weighted by Crippen LogP contribution is -2.22. The quantitative estimate of drug-likeness (QED) is 0.397. The maximum absolute atomic E-state index is 12.7. The van der Waals surface area contributed by atoms with E-state index in [4.69, 9.17) is 21.7 Å². The Labute approximate surface area is 181 Å². The number of phenolic OH excluding ortho intramolecular Hbond substituents is 1. The highest BCUT2D eigenvalue weighted by molar-refractivity contribution is 8.26. The van der Waals surface area contributed by atoms with Gasteiger partial charge in [-0.05, 0) is 48.1 Å². The van der Waals surface area contributed by atoms with Gasteiger partial charge in [-0.25, -0.2) is 4.79 Å². The van der Waals surface area contributed by atoms with E-state index in [0.29, 0.717) is 10.5 Å². The van der Waals surface area contributed by atoms with Gasteiger partial charge in [-0.2, -0.15) is 10.1 Å². The molecule has 0 spiro atoms. The first-order chi connectivity index (χ1) is 14.3. The highest BCUT2D eigenvalue weighted by Crippen LogP contribution is 2.35. The van der Waals surface area contributed by atoms with Crippen LogP contribution in [0, 0.1) is 0 Å². The van der Waals surface area contributed by atoms with Gasteiger partial charge in [0.1, 0.15) is 11.3 Å². The average Bonchev–Trinajstić information content (AvgIpc) is 2.99. The number of methoxy groups -OCH3 is 2. The molecule has 1 saturated heterocycles. The second kappa shape index (κ2) is 8.97. The maximum Gasteiger partial charge on any atom is 0.340 e. The first-order valence-corrected chi connectivity index (χ1v) is 9.67. The third-order valence-corrected chi connectivity index (χ3v) is 5.35. The predicted molar refractivity (Wildman–Crippen MR) is 117 cm³/mol. The average molecular weight is 444 g/mol. The van der Waals surface area contributed by atoms with Gasteiger partial charge in [-0.3, -0.25) is 4.79 Å². The van der Waals surface area contributed by atoms with Gasteiger partial charge in [-0.15, -0.1) is 0 Å². The molecule has 0 aliphatic carbocycles. The molecule has 154 valence electrons. The molecule has 1 fully saturated rings. The van der Waals surface area contributed by atoms with E-state index in [1.807, 2.05) is 0 Å². The minimum Gasteiger partial charge on any atom is -0.508 e. The van der Waals surface area contributed by atoms with Crippen LogP contribution in [0.4, 0.5) is 0 Å². The van der Waals surface area contributed by atoms with Crippen LogP contribution in [0.2, 0.25) is 0 Å². The molecule has 30 heavy (non-hydrogen) atoms. The zero-order valence-corrected chi connectivity index (χ0v) is 17.5. The monoisotopic (exact) mass is 444 g/mol. The van der Waals surface area contributed by atoms with Crippen LogP contribution in [0.3, 0.4) is 0 Å². The van der Waals surface area contributed by atoms with E-state index in [-0.39, 0.29) is 32.7 Å². The van der Waals surface area contributed by atoms with E-state index >= 15 is 0 Å². The number of hydrazone groups is 1. The van der Waals surface area contributed by atoms with Gasteiger partial charge < -0.3 is 19.7 Å². The second-order valence-corrected chi connectivity index (χ2v) is 7.58. The summed E-state index contributed by atoms with van der Waals surface area (Å²) in [5.41, 5.74) is 0.785. The second-order valence-electron chi connectivity index (χ2n) is 5.90. The number of rotatable bonds is 6. The van der Waals surface area contributed by atoms with Crippen molar-refractivity contribution in [1.29, 1.82) is 0 Å². The summed E-state index contributed by atoms with van der Waals surface area (Å²) in [4.78, 5) is 24.8. The first kappa shape index (κ1) is 21.3. The number of carboxylic acid groups (broad SMARTS) is 1. The number of carbonyl (C=O) groups is 2. The molecule has 2 N–H and O–H groups in total. The minimum atomic E-state index is -1.23. The van der Waals surface area contributed by atoms with Crippen molar-refractivity contribution in [2.75, 3.05) is 14.2 Å². The van der Waals surface area contributed by atoms with E-state index < -0.39 is 11.9 Å². The van der Waals surface area contributed by atoms with Gasteiger partial charge in [0.2, 0.25) is 0 Å². The Morgan fingerprint density at radius 3 is 2.47 bits per heavy atom. The van der Waals surface area contributed by atoms with Crippen molar-refractivity contribution in [2.45, 2.75) is 0 Å². The molecular formula is C20H16N2O6S2. The fraction of sp³-hybridized carbons (Fsp3) is 0.100. The minimum absolute atomic E-state index is 0.0477. The Morgan fingerprint density at radius 1 is 1.17 bits per heavy atom. The molecule has 1 amide bonds. The smallest absolute Gasteiger partial charge is 0.340 e.